The molecule has 28 heavy (non-hydrogen) atoms. The van der Waals surface area contributed by atoms with Gasteiger partial charge < -0.3 is 9.47 Å². The average Bonchev–Trinajstić information content (AvgIpc) is 2.70. The van der Waals surface area contributed by atoms with Crippen LogP contribution in [-0.4, -0.2) is 40.6 Å². The minimum atomic E-state index is -0.682. The Balaban J connectivity index is 2.77. The number of carbonyl (C=O) groups excluding carboxylic acids is 2. The SMILES string of the molecule is COC(=O)N(OC)c1ccc(C)cc1-c1cc(C)ccc1N(OC)C(=O)OC. The van der Waals surface area contributed by atoms with E-state index < -0.39 is 12.2 Å². The van der Waals surface area contributed by atoms with Crippen LogP contribution in [0, 0.1) is 13.8 Å². The first-order valence-electron chi connectivity index (χ1n) is 8.44. The molecule has 8 heteroatoms. The minimum Gasteiger partial charge on any atom is -0.451 e. The number of carbonyl (C=O) groups is 2. The molecule has 0 saturated heterocycles. The topological polar surface area (TPSA) is 77.5 Å². The summed E-state index contributed by atoms with van der Waals surface area (Å²) in [5.41, 5.74) is 4.11. The molecule has 0 N–H and O–H groups in total. The van der Waals surface area contributed by atoms with Gasteiger partial charge in [-0.25, -0.2) is 9.59 Å². The molecule has 0 aliphatic rings. The second-order valence-corrected chi connectivity index (χ2v) is 5.94. The van der Waals surface area contributed by atoms with E-state index in [1.54, 1.807) is 12.1 Å². The predicted octanol–water partition coefficient (Wildman–Crippen LogP) is 4.24. The normalized spacial score (nSPS) is 10.4. The van der Waals surface area contributed by atoms with Gasteiger partial charge >= 0.3 is 12.2 Å². The van der Waals surface area contributed by atoms with Gasteiger partial charge in [0.25, 0.3) is 0 Å². The zero-order valence-electron chi connectivity index (χ0n) is 16.8. The van der Waals surface area contributed by atoms with Crippen LogP contribution >= 0.6 is 0 Å². The van der Waals surface area contributed by atoms with Crippen LogP contribution in [0.15, 0.2) is 36.4 Å². The zero-order chi connectivity index (χ0) is 20.8. The molecule has 2 aromatic carbocycles. The number of nitrogens with zero attached hydrogens (tertiary/aromatic N) is 2. The monoisotopic (exact) mass is 388 g/mol. The third kappa shape index (κ3) is 4.24. The summed E-state index contributed by atoms with van der Waals surface area (Å²) in [6.07, 6.45) is -1.36. The van der Waals surface area contributed by atoms with Crippen LogP contribution in [0.1, 0.15) is 11.1 Å². The number of hydroxylamine groups is 2. The number of rotatable bonds is 5. The van der Waals surface area contributed by atoms with Crippen molar-refractivity contribution in [3.8, 4) is 11.1 Å². The van der Waals surface area contributed by atoms with Crippen LogP contribution < -0.4 is 10.1 Å². The lowest BCUT2D eigenvalue weighted by Crippen LogP contribution is -2.31. The van der Waals surface area contributed by atoms with E-state index in [1.165, 1.54) is 28.4 Å². The Morgan fingerprint density at radius 2 is 1.04 bits per heavy atom. The molecule has 0 heterocycles. The molecule has 0 aromatic heterocycles. The lowest BCUT2D eigenvalue weighted by Gasteiger charge is -2.25. The van der Waals surface area contributed by atoms with E-state index in [1.807, 2.05) is 38.1 Å². The van der Waals surface area contributed by atoms with Crippen molar-refractivity contribution in [2.45, 2.75) is 13.8 Å². The third-order valence-electron chi connectivity index (χ3n) is 4.08. The van der Waals surface area contributed by atoms with E-state index in [0.717, 1.165) is 21.3 Å². The molecule has 0 aliphatic heterocycles. The van der Waals surface area contributed by atoms with Gasteiger partial charge in [-0.15, -0.1) is 0 Å². The molecule has 2 aromatic rings. The molecular formula is C20H24N2O6. The fourth-order valence-electron chi connectivity index (χ4n) is 2.79. The molecule has 150 valence electrons. The molecule has 0 saturated carbocycles. The standard InChI is InChI=1S/C20H24N2O6/c1-13-7-9-17(21(27-5)19(23)25-3)15(11-13)16-12-14(2)8-10-18(16)22(28-6)20(24)26-4/h7-12H,1-6H3. The molecule has 2 amide bonds. The van der Waals surface area contributed by atoms with Crippen molar-refractivity contribution in [2.75, 3.05) is 38.6 Å². The summed E-state index contributed by atoms with van der Waals surface area (Å²) in [5, 5.41) is 2.08. The molecular weight excluding hydrogens is 364 g/mol. The van der Waals surface area contributed by atoms with Crippen LogP contribution in [0.2, 0.25) is 0 Å². The summed E-state index contributed by atoms with van der Waals surface area (Å²) in [7, 11) is 5.27. The molecule has 0 atom stereocenters. The Hall–Kier alpha value is -3.10. The lowest BCUT2D eigenvalue weighted by atomic mass is 9.97. The maximum atomic E-state index is 12.2. The van der Waals surface area contributed by atoms with Crippen molar-refractivity contribution in [2.24, 2.45) is 0 Å². The predicted molar refractivity (Wildman–Crippen MR) is 105 cm³/mol. The van der Waals surface area contributed by atoms with Gasteiger partial charge in [-0.2, -0.15) is 10.1 Å². The summed E-state index contributed by atoms with van der Waals surface area (Å²) in [6.45, 7) is 3.85. The molecule has 8 nitrogen and oxygen atoms in total. The van der Waals surface area contributed by atoms with Gasteiger partial charge in [0.2, 0.25) is 0 Å². The summed E-state index contributed by atoms with van der Waals surface area (Å²) < 4.78 is 9.62. The molecule has 0 radical (unpaired) electrons. The van der Waals surface area contributed by atoms with E-state index >= 15 is 0 Å². The zero-order valence-corrected chi connectivity index (χ0v) is 16.8. The second kappa shape index (κ2) is 9.20. The highest BCUT2D eigenvalue weighted by Crippen LogP contribution is 2.39. The van der Waals surface area contributed by atoms with Gasteiger partial charge in [0.15, 0.2) is 0 Å². The Labute approximate surface area is 164 Å². The van der Waals surface area contributed by atoms with Crippen molar-refractivity contribution in [3.05, 3.63) is 47.5 Å². The molecule has 0 spiro atoms. The lowest BCUT2D eigenvalue weighted by molar-refractivity contribution is 0.115. The number of hydrogen-bond acceptors (Lipinski definition) is 6. The molecule has 0 unspecified atom stereocenters. The van der Waals surface area contributed by atoms with Crippen molar-refractivity contribution in [3.63, 3.8) is 0 Å². The highest BCUT2D eigenvalue weighted by atomic mass is 16.7. The smallest absolute Gasteiger partial charge is 0.438 e. The van der Waals surface area contributed by atoms with Crippen molar-refractivity contribution in [1.29, 1.82) is 0 Å². The van der Waals surface area contributed by atoms with Crippen LogP contribution in [0.4, 0.5) is 21.0 Å². The Morgan fingerprint density at radius 1 is 0.679 bits per heavy atom. The summed E-state index contributed by atoms with van der Waals surface area (Å²) in [4.78, 5) is 34.8. The van der Waals surface area contributed by atoms with E-state index in [9.17, 15) is 9.59 Å². The van der Waals surface area contributed by atoms with Crippen molar-refractivity contribution >= 4 is 23.6 Å². The van der Waals surface area contributed by atoms with E-state index in [2.05, 4.69) is 0 Å². The van der Waals surface area contributed by atoms with Gasteiger partial charge in [-0.1, -0.05) is 23.3 Å². The van der Waals surface area contributed by atoms with Gasteiger partial charge in [0.05, 0.1) is 39.8 Å². The Morgan fingerprint density at radius 3 is 1.32 bits per heavy atom. The number of amides is 2. The maximum Gasteiger partial charge on any atom is 0.438 e. The van der Waals surface area contributed by atoms with Crippen LogP contribution in [0.3, 0.4) is 0 Å². The minimum absolute atomic E-state index is 0.452. The number of ether oxygens (including phenoxy) is 2. The molecule has 0 bridgehead atoms. The summed E-state index contributed by atoms with van der Waals surface area (Å²) in [5.74, 6) is 0. The average molecular weight is 388 g/mol. The molecule has 0 aliphatic carbocycles. The summed E-state index contributed by atoms with van der Waals surface area (Å²) >= 11 is 0. The fourth-order valence-corrected chi connectivity index (χ4v) is 2.79. The quantitative estimate of drug-likeness (QED) is 0.713. The van der Waals surface area contributed by atoms with E-state index in [0.29, 0.717) is 22.5 Å². The second-order valence-electron chi connectivity index (χ2n) is 5.94. The van der Waals surface area contributed by atoms with Gasteiger partial charge in [-0.3, -0.25) is 9.68 Å². The number of benzene rings is 2. The van der Waals surface area contributed by atoms with Crippen molar-refractivity contribution in [1.82, 2.24) is 0 Å². The molecule has 2 rings (SSSR count). The summed E-state index contributed by atoms with van der Waals surface area (Å²) in [6, 6.07) is 10.9. The van der Waals surface area contributed by atoms with Gasteiger partial charge in [-0.05, 0) is 38.1 Å². The van der Waals surface area contributed by atoms with E-state index in [-0.39, 0.29) is 0 Å². The van der Waals surface area contributed by atoms with Crippen LogP contribution in [0.25, 0.3) is 11.1 Å². The Kier molecular flexibility index (Phi) is 6.97. The van der Waals surface area contributed by atoms with E-state index in [4.69, 9.17) is 19.1 Å². The third-order valence-corrected chi connectivity index (χ3v) is 4.08. The van der Waals surface area contributed by atoms with Crippen molar-refractivity contribution < 1.29 is 28.7 Å². The largest absolute Gasteiger partial charge is 0.451 e. The first kappa shape index (κ1) is 21.2. The van der Waals surface area contributed by atoms with Crippen LogP contribution in [0.5, 0.6) is 0 Å². The maximum absolute atomic E-state index is 12.2. The highest BCUT2D eigenvalue weighted by Gasteiger charge is 2.25. The number of anilines is 2. The number of aryl methyl sites for hydroxylation is 2. The fraction of sp³-hybridized carbons (Fsp3) is 0.300. The van der Waals surface area contributed by atoms with Gasteiger partial charge in [0.1, 0.15) is 0 Å². The number of hydrogen-bond donors (Lipinski definition) is 0. The van der Waals surface area contributed by atoms with Gasteiger partial charge in [0, 0.05) is 11.1 Å². The number of methoxy groups -OCH3 is 2. The highest BCUT2D eigenvalue weighted by molar-refractivity contribution is 5.98. The molecule has 0 fully saturated rings. The van der Waals surface area contributed by atoms with Crippen LogP contribution in [-0.2, 0) is 19.1 Å². The first-order valence-corrected chi connectivity index (χ1v) is 8.44. The first-order chi connectivity index (χ1) is 13.4. The Bertz CT molecular complexity index is 796.